The third-order valence-corrected chi connectivity index (χ3v) is 10.4. The molecule has 5 aliphatic heterocycles. The number of aliphatic imine (C=N–C) groups is 4. The molecule has 0 unspecified atom stereocenters. The summed E-state index contributed by atoms with van der Waals surface area (Å²) in [4.78, 5) is 24.8. The van der Waals surface area contributed by atoms with Crippen LogP contribution < -0.4 is 0 Å². The molecule has 8 bridgehead atoms. The Kier molecular flexibility index (Phi) is 8.48. The number of hydrogen-bond acceptors (Lipinski definition) is 8. The van der Waals surface area contributed by atoms with Crippen LogP contribution in [0.5, 0.6) is 0 Å². The van der Waals surface area contributed by atoms with Crippen LogP contribution in [0.15, 0.2) is 208 Å². The Hall–Kier alpha value is -5.12. The summed E-state index contributed by atoms with van der Waals surface area (Å²) in [5.74, 6) is 0. The number of nitrogens with zero attached hydrogens (tertiary/aromatic N) is 4. The highest BCUT2D eigenvalue weighted by molar-refractivity contribution is 7.80. The van der Waals surface area contributed by atoms with Crippen LogP contribution in [0.2, 0.25) is 0 Å². The van der Waals surface area contributed by atoms with Crippen molar-refractivity contribution in [2.24, 2.45) is 20.0 Å². The van der Waals surface area contributed by atoms with Crippen LogP contribution in [-0.2, 0) is 0 Å². The van der Waals surface area contributed by atoms with Crippen molar-refractivity contribution in [2.75, 3.05) is 0 Å². The monoisotopic (exact) mass is 740 g/mol. The Morgan fingerprint density at radius 3 is 0.635 bits per heavy atom. The third kappa shape index (κ3) is 6.11. The zero-order valence-electron chi connectivity index (χ0n) is 27.4. The average Bonchev–Trinajstić information content (AvgIpc) is 3.99. The molecular formula is C44H28N4S4. The van der Waals surface area contributed by atoms with E-state index in [0.29, 0.717) is 0 Å². The van der Waals surface area contributed by atoms with Crippen molar-refractivity contribution in [3.8, 4) is 0 Å². The van der Waals surface area contributed by atoms with Crippen molar-refractivity contribution < 1.29 is 0 Å². The summed E-state index contributed by atoms with van der Waals surface area (Å²) in [5.41, 5.74) is 14.1. The molecule has 8 heteroatoms. The Bertz CT molecular complexity index is 2220. The first-order valence-electron chi connectivity index (χ1n) is 16.6. The fraction of sp³-hybridized carbons (Fsp3) is 0. The molecule has 4 aromatic carbocycles. The van der Waals surface area contributed by atoms with Gasteiger partial charge in [0.1, 0.15) is 0 Å². The first-order chi connectivity index (χ1) is 25.4. The highest BCUT2D eigenvalue weighted by Crippen LogP contribution is 2.39. The van der Waals surface area contributed by atoms with Gasteiger partial charge in [0.05, 0.1) is 45.6 Å². The third-order valence-electron chi connectivity index (χ3n) is 9.23. The molecule has 0 radical (unpaired) electrons. The van der Waals surface area contributed by atoms with E-state index < -0.39 is 0 Å². The molecule has 0 N–H and O–H groups in total. The molecule has 0 atom stereocenters. The highest BCUT2D eigenvalue weighted by atomic mass is 32.1. The molecule has 0 spiro atoms. The van der Waals surface area contributed by atoms with Gasteiger partial charge in [-0.2, -0.15) is 0 Å². The van der Waals surface area contributed by atoms with Crippen LogP contribution in [0, 0.1) is 0 Å². The van der Waals surface area contributed by atoms with E-state index in [4.69, 9.17) is 20.0 Å². The van der Waals surface area contributed by atoms with Gasteiger partial charge in [0.2, 0.25) is 0 Å². The molecule has 52 heavy (non-hydrogen) atoms. The van der Waals surface area contributed by atoms with E-state index in [1.807, 2.05) is 48.5 Å². The quantitative estimate of drug-likeness (QED) is 0.151. The van der Waals surface area contributed by atoms with Crippen LogP contribution in [0.4, 0.5) is 0 Å². The maximum atomic E-state index is 5.32. The maximum absolute atomic E-state index is 5.32. The molecule has 5 aliphatic rings. The van der Waals surface area contributed by atoms with E-state index in [1.165, 1.54) is 0 Å². The first-order valence-corrected chi connectivity index (χ1v) is 18.4. The minimum Gasteiger partial charge on any atom is -0.248 e. The molecule has 4 aromatic rings. The van der Waals surface area contributed by atoms with Gasteiger partial charge in [0.15, 0.2) is 0 Å². The largest absolute Gasteiger partial charge is 0.248 e. The van der Waals surface area contributed by atoms with Crippen LogP contribution in [0.3, 0.4) is 0 Å². The van der Waals surface area contributed by atoms with Gasteiger partial charge in [0.25, 0.3) is 0 Å². The van der Waals surface area contributed by atoms with Crippen molar-refractivity contribution in [2.45, 2.75) is 19.6 Å². The van der Waals surface area contributed by atoms with Crippen LogP contribution >= 0.6 is 50.5 Å². The lowest BCUT2D eigenvalue weighted by atomic mass is 9.98. The fourth-order valence-corrected chi connectivity index (χ4v) is 7.38. The molecule has 0 aromatic heterocycles. The van der Waals surface area contributed by atoms with Crippen LogP contribution in [0.25, 0.3) is 22.3 Å². The molecular weight excluding hydrogens is 713 g/mol. The van der Waals surface area contributed by atoms with Crippen molar-refractivity contribution in [1.82, 2.24) is 0 Å². The standard InChI is InChI=1S/C44H28N4S4/c49-29-9-1-25(2-10-29)41-33-17-19-35(45-33)42(26-3-11-30(50)12-4-26)37-21-23-39(47-37)44(28-7-15-32(52)16-8-28)40-24-22-38(48-40)43(36-20-18-34(41)46-36)27-5-13-31(51)14-6-27/h1-24,49-52H. The molecule has 0 saturated carbocycles. The Balaban J connectivity index is 1.36. The lowest BCUT2D eigenvalue weighted by Crippen LogP contribution is -2.03. The second-order valence-electron chi connectivity index (χ2n) is 12.5. The topological polar surface area (TPSA) is 49.4 Å². The number of hydrogen-bond donors (Lipinski definition) is 4. The first kappa shape index (κ1) is 32.8. The summed E-state index contributed by atoms with van der Waals surface area (Å²) < 4.78 is 0. The minimum atomic E-state index is 0.808. The average molecular weight is 741 g/mol. The summed E-state index contributed by atoms with van der Waals surface area (Å²) in [6, 6.07) is 32.5. The number of thiol groups is 4. The number of rotatable bonds is 4. The Morgan fingerprint density at radius 2 is 0.442 bits per heavy atom. The van der Waals surface area contributed by atoms with E-state index in [1.54, 1.807) is 0 Å². The lowest BCUT2D eigenvalue weighted by molar-refractivity contribution is 1.38. The van der Waals surface area contributed by atoms with E-state index in [-0.39, 0.29) is 0 Å². The van der Waals surface area contributed by atoms with E-state index in [0.717, 1.165) is 110 Å². The van der Waals surface area contributed by atoms with Gasteiger partial charge >= 0.3 is 0 Å². The summed E-state index contributed by atoms with van der Waals surface area (Å²) >= 11 is 18.3. The van der Waals surface area contributed by atoms with Crippen molar-refractivity contribution in [1.29, 1.82) is 0 Å². The van der Waals surface area contributed by atoms with Gasteiger partial charge in [-0.1, -0.05) is 48.5 Å². The SMILES string of the molecule is Sc1ccc(C2=C3C=CC(=N3)C(c3ccc(S)cc3)=C3C=CC(=N3)C(c3ccc(S)cc3)=C3C=CC(=N3)C(c3ccc(S)cc3)=C3C=CC2=N3)cc1. The fourth-order valence-electron chi connectivity index (χ4n) is 6.78. The smallest absolute Gasteiger partial charge is 0.0738 e. The zero-order valence-corrected chi connectivity index (χ0v) is 31.0. The Morgan fingerprint density at radius 1 is 0.250 bits per heavy atom. The van der Waals surface area contributed by atoms with Gasteiger partial charge in [-0.3, -0.25) is 0 Å². The van der Waals surface area contributed by atoms with Crippen molar-refractivity contribution in [3.05, 3.63) is 191 Å². The number of benzene rings is 4. The second-order valence-corrected chi connectivity index (χ2v) is 14.6. The molecule has 5 heterocycles. The van der Waals surface area contributed by atoms with E-state index >= 15 is 0 Å². The van der Waals surface area contributed by atoms with Gasteiger partial charge in [-0.05, 0) is 119 Å². The van der Waals surface area contributed by atoms with Gasteiger partial charge in [0, 0.05) is 41.9 Å². The van der Waals surface area contributed by atoms with Gasteiger partial charge in [-0.15, -0.1) is 50.5 Å². The van der Waals surface area contributed by atoms with E-state index in [2.05, 4.69) is 148 Å². The normalized spacial score (nSPS) is 17.5. The predicted molar refractivity (Wildman–Crippen MR) is 229 cm³/mol. The second kappa shape index (κ2) is 13.5. The van der Waals surface area contributed by atoms with Gasteiger partial charge in [-0.25, -0.2) is 20.0 Å². The molecule has 0 saturated heterocycles. The summed E-state index contributed by atoms with van der Waals surface area (Å²) in [6.07, 6.45) is 16.6. The lowest BCUT2D eigenvalue weighted by Gasteiger charge is -2.13. The van der Waals surface area contributed by atoms with Crippen LogP contribution in [-0.4, -0.2) is 22.8 Å². The molecule has 248 valence electrons. The van der Waals surface area contributed by atoms with Crippen molar-refractivity contribution in [3.63, 3.8) is 0 Å². The molecule has 0 fully saturated rings. The number of fused-ring (bicyclic) bond motifs is 4. The highest BCUT2D eigenvalue weighted by Gasteiger charge is 2.27. The predicted octanol–water partition coefficient (Wildman–Crippen LogP) is 10.8. The zero-order chi connectivity index (χ0) is 35.3. The summed E-state index contributed by atoms with van der Waals surface area (Å²) in [5, 5.41) is 0. The molecule has 9 rings (SSSR count). The van der Waals surface area contributed by atoms with Crippen LogP contribution in [0.1, 0.15) is 22.3 Å². The summed E-state index contributed by atoms with van der Waals surface area (Å²) in [6.45, 7) is 0. The maximum Gasteiger partial charge on any atom is 0.0738 e. The Labute approximate surface area is 324 Å². The molecule has 0 amide bonds. The number of allylic oxidation sites excluding steroid dienone is 12. The minimum absolute atomic E-state index is 0.808. The van der Waals surface area contributed by atoms with Crippen molar-refractivity contribution >= 4 is 95.7 Å². The summed E-state index contributed by atoms with van der Waals surface area (Å²) in [7, 11) is 0. The van der Waals surface area contributed by atoms with Gasteiger partial charge < -0.3 is 0 Å². The molecule has 4 nitrogen and oxygen atoms in total. The van der Waals surface area contributed by atoms with E-state index in [9.17, 15) is 0 Å². The molecule has 0 aliphatic carbocycles.